The normalized spacial score (nSPS) is 13.1. The second-order valence-corrected chi connectivity index (χ2v) is 8.40. The zero-order valence-corrected chi connectivity index (χ0v) is 18.2. The first kappa shape index (κ1) is 21.3. The maximum absolute atomic E-state index is 14.3. The van der Waals surface area contributed by atoms with Gasteiger partial charge in [0.15, 0.2) is 0 Å². The molecule has 31 heavy (non-hydrogen) atoms. The molecular weight excluding hydrogens is 465 g/mol. The number of amides is 1. The predicted octanol–water partition coefficient (Wildman–Crippen LogP) is 4.61. The van der Waals surface area contributed by atoms with Crippen molar-refractivity contribution < 1.29 is 14.0 Å². The van der Waals surface area contributed by atoms with Gasteiger partial charge in [-0.05, 0) is 42.5 Å². The van der Waals surface area contributed by atoms with E-state index in [4.69, 9.17) is 4.84 Å². The van der Waals surface area contributed by atoms with Gasteiger partial charge in [-0.2, -0.15) is 0 Å². The van der Waals surface area contributed by atoms with Crippen molar-refractivity contribution in [3.8, 4) is 0 Å². The maximum Gasteiger partial charge on any atom is 0.278 e. The molecule has 0 unspecified atom stereocenters. The van der Waals surface area contributed by atoms with Crippen LogP contribution in [0, 0.1) is 11.7 Å². The first-order chi connectivity index (χ1) is 15.0. The summed E-state index contributed by atoms with van der Waals surface area (Å²) < 4.78 is 16.4. The molecule has 8 heteroatoms. The Balaban J connectivity index is 1.64. The van der Waals surface area contributed by atoms with Gasteiger partial charge in [-0.25, -0.2) is 9.87 Å². The van der Waals surface area contributed by atoms with Crippen molar-refractivity contribution in [1.29, 1.82) is 0 Å². The number of halogens is 2. The van der Waals surface area contributed by atoms with Crippen molar-refractivity contribution in [2.24, 2.45) is 5.92 Å². The lowest BCUT2D eigenvalue weighted by Crippen LogP contribution is -2.29. The number of hydrogen-bond acceptors (Lipinski definition) is 4. The van der Waals surface area contributed by atoms with E-state index in [0.29, 0.717) is 23.5 Å². The van der Waals surface area contributed by atoms with Crippen LogP contribution >= 0.6 is 15.9 Å². The molecule has 1 aliphatic carbocycles. The van der Waals surface area contributed by atoms with Crippen LogP contribution in [0.15, 0.2) is 70.1 Å². The number of carbonyl (C=O) groups excluding carboxylic acids is 1. The summed E-state index contributed by atoms with van der Waals surface area (Å²) in [4.78, 5) is 30.9. The van der Waals surface area contributed by atoms with Crippen molar-refractivity contribution in [1.82, 2.24) is 10.0 Å². The molecule has 0 aliphatic heterocycles. The number of nitrogens with one attached hydrogen (secondary N) is 2. The van der Waals surface area contributed by atoms with Gasteiger partial charge < -0.3 is 9.88 Å². The molecule has 1 heterocycles. The summed E-state index contributed by atoms with van der Waals surface area (Å²) in [5.74, 6) is -0.552. The zero-order valence-electron chi connectivity index (χ0n) is 16.6. The minimum absolute atomic E-state index is 0.149. The Hall–Kier alpha value is -2.97. The second-order valence-electron chi connectivity index (χ2n) is 7.49. The number of hydrogen-bond donors (Lipinski definition) is 2. The van der Waals surface area contributed by atoms with Gasteiger partial charge in [-0.15, -0.1) is 0 Å². The number of aromatic nitrogens is 1. The van der Waals surface area contributed by atoms with Crippen molar-refractivity contribution in [2.75, 3.05) is 11.9 Å². The van der Waals surface area contributed by atoms with Crippen molar-refractivity contribution in [2.45, 2.75) is 19.4 Å². The Morgan fingerprint density at radius 3 is 2.61 bits per heavy atom. The van der Waals surface area contributed by atoms with Gasteiger partial charge >= 0.3 is 0 Å². The third kappa shape index (κ3) is 5.59. The van der Waals surface area contributed by atoms with Gasteiger partial charge in [0, 0.05) is 16.7 Å². The minimum Gasteiger partial charge on any atom is -0.352 e. The van der Waals surface area contributed by atoms with Crippen molar-refractivity contribution >= 4 is 33.2 Å². The third-order valence-corrected chi connectivity index (χ3v) is 5.44. The van der Waals surface area contributed by atoms with Gasteiger partial charge in [0.25, 0.3) is 11.5 Å². The molecule has 3 aromatic rings. The van der Waals surface area contributed by atoms with Gasteiger partial charge in [0.2, 0.25) is 0 Å². The van der Waals surface area contributed by atoms with Crippen LogP contribution in [-0.4, -0.2) is 17.1 Å². The molecule has 1 saturated carbocycles. The molecule has 160 valence electrons. The molecule has 1 aliphatic rings. The maximum atomic E-state index is 14.3. The highest BCUT2D eigenvalue weighted by atomic mass is 79.9. The van der Waals surface area contributed by atoms with E-state index >= 15 is 0 Å². The topological polar surface area (TPSA) is 72.4 Å². The van der Waals surface area contributed by atoms with Crippen LogP contribution in [0.3, 0.4) is 0 Å². The smallest absolute Gasteiger partial charge is 0.278 e. The molecule has 4 rings (SSSR count). The van der Waals surface area contributed by atoms with E-state index in [-0.39, 0.29) is 22.5 Å². The lowest BCUT2D eigenvalue weighted by atomic mass is 10.1. The lowest BCUT2D eigenvalue weighted by Gasteiger charge is -2.15. The Bertz CT molecular complexity index is 1150. The number of benzene rings is 2. The molecule has 1 aromatic heterocycles. The number of anilines is 2. The highest BCUT2D eigenvalue weighted by molar-refractivity contribution is 9.10. The fourth-order valence-corrected chi connectivity index (χ4v) is 3.39. The Morgan fingerprint density at radius 1 is 1.13 bits per heavy atom. The summed E-state index contributed by atoms with van der Waals surface area (Å²) in [5, 5.41) is 2.87. The molecular formula is C23H21BrFN3O3. The minimum atomic E-state index is -0.515. The monoisotopic (exact) mass is 485 g/mol. The van der Waals surface area contributed by atoms with E-state index in [9.17, 15) is 14.0 Å². The number of pyridine rings is 1. The largest absolute Gasteiger partial charge is 0.352 e. The van der Waals surface area contributed by atoms with Crippen LogP contribution in [0.2, 0.25) is 0 Å². The lowest BCUT2D eigenvalue weighted by molar-refractivity contribution is 0.0270. The number of rotatable bonds is 8. The molecule has 0 atom stereocenters. The molecule has 0 radical (unpaired) electrons. The first-order valence-corrected chi connectivity index (χ1v) is 10.7. The molecule has 2 aromatic carbocycles. The van der Waals surface area contributed by atoms with Gasteiger partial charge in [0.05, 0.1) is 30.1 Å². The SMILES string of the molecule is O=C(NOCC1CC1)c1cn(Cc2ccccc2)c(=O)cc1Nc1ccc(Br)cc1F. The molecule has 0 spiro atoms. The van der Waals surface area contributed by atoms with E-state index in [1.807, 2.05) is 30.3 Å². The van der Waals surface area contributed by atoms with Crippen LogP contribution in [0.25, 0.3) is 0 Å². The van der Waals surface area contributed by atoms with Crippen molar-refractivity contribution in [3.63, 3.8) is 0 Å². The number of carbonyl (C=O) groups is 1. The molecule has 0 saturated heterocycles. The Morgan fingerprint density at radius 2 is 1.90 bits per heavy atom. The average Bonchev–Trinajstić information content (AvgIpc) is 3.57. The van der Waals surface area contributed by atoms with Crippen LogP contribution in [0.5, 0.6) is 0 Å². The summed E-state index contributed by atoms with van der Waals surface area (Å²) in [6.45, 7) is 0.745. The summed E-state index contributed by atoms with van der Waals surface area (Å²) in [5.41, 5.74) is 3.55. The zero-order chi connectivity index (χ0) is 21.8. The van der Waals surface area contributed by atoms with Crippen LogP contribution < -0.4 is 16.4 Å². The quantitative estimate of drug-likeness (QED) is 0.456. The summed E-state index contributed by atoms with van der Waals surface area (Å²) in [6.07, 6.45) is 3.64. The number of nitrogens with zero attached hydrogens (tertiary/aromatic N) is 1. The summed E-state index contributed by atoms with van der Waals surface area (Å²) in [7, 11) is 0. The van der Waals surface area contributed by atoms with Crippen LogP contribution in [0.4, 0.5) is 15.8 Å². The van der Waals surface area contributed by atoms with Gasteiger partial charge in [-0.3, -0.25) is 14.4 Å². The van der Waals surface area contributed by atoms with E-state index < -0.39 is 11.7 Å². The average molecular weight is 486 g/mol. The summed E-state index contributed by atoms with van der Waals surface area (Å²) >= 11 is 3.22. The fraction of sp³-hybridized carbons (Fsp3) is 0.217. The summed E-state index contributed by atoms with van der Waals surface area (Å²) in [6, 6.07) is 15.2. The molecule has 0 bridgehead atoms. The van der Waals surface area contributed by atoms with Crippen LogP contribution in [0.1, 0.15) is 28.8 Å². The molecule has 1 amide bonds. The highest BCUT2D eigenvalue weighted by Crippen LogP contribution is 2.28. The van der Waals surface area contributed by atoms with E-state index in [1.165, 1.54) is 29.0 Å². The van der Waals surface area contributed by atoms with Gasteiger partial charge in [-0.1, -0.05) is 46.3 Å². The second kappa shape index (κ2) is 9.45. The highest BCUT2D eigenvalue weighted by Gasteiger charge is 2.22. The predicted molar refractivity (Wildman–Crippen MR) is 120 cm³/mol. The third-order valence-electron chi connectivity index (χ3n) is 4.95. The first-order valence-electron chi connectivity index (χ1n) is 9.92. The Kier molecular flexibility index (Phi) is 6.48. The fourth-order valence-electron chi connectivity index (χ4n) is 3.06. The van der Waals surface area contributed by atoms with E-state index in [1.54, 1.807) is 6.07 Å². The molecule has 1 fully saturated rings. The Labute approximate surface area is 187 Å². The van der Waals surface area contributed by atoms with Crippen molar-refractivity contribution in [3.05, 3.63) is 92.6 Å². The van der Waals surface area contributed by atoms with E-state index in [0.717, 1.165) is 18.4 Å². The van der Waals surface area contributed by atoms with Crippen LogP contribution in [-0.2, 0) is 11.4 Å². The van der Waals surface area contributed by atoms with Gasteiger partial charge in [0.1, 0.15) is 5.82 Å². The standard InChI is InChI=1S/C23H21BrFN3O3/c24-17-8-9-20(19(25)10-17)26-21-11-22(29)28(12-15-4-2-1-3-5-15)13-18(21)23(30)27-31-14-16-6-7-16/h1-5,8-11,13,16,26H,6-7,12,14H2,(H,27,30). The number of hydroxylamine groups is 1. The molecule has 2 N–H and O–H groups in total. The molecule has 6 nitrogen and oxygen atoms in total. The van der Waals surface area contributed by atoms with E-state index in [2.05, 4.69) is 26.7 Å².